The van der Waals surface area contributed by atoms with E-state index in [0.29, 0.717) is 12.1 Å². The minimum atomic E-state index is -0.543. The molecule has 0 aromatic carbocycles. The van der Waals surface area contributed by atoms with Crippen molar-refractivity contribution in [3.63, 3.8) is 0 Å². The Hall–Kier alpha value is -2.64. The van der Waals surface area contributed by atoms with E-state index in [9.17, 15) is 14.4 Å². The second kappa shape index (κ2) is 7.57. The van der Waals surface area contributed by atoms with E-state index >= 15 is 0 Å². The molecule has 1 atom stereocenters. The van der Waals surface area contributed by atoms with Gasteiger partial charge in [0.2, 0.25) is 5.91 Å². The number of fused-ring (bicyclic) bond motifs is 1. The number of hydrogen-bond donors (Lipinski definition) is 1. The first-order valence-electron chi connectivity index (χ1n) is 7.50. The molecule has 8 nitrogen and oxygen atoms in total. The smallest absolute Gasteiger partial charge is 0.350 e. The lowest BCUT2D eigenvalue weighted by molar-refractivity contribution is -0.144. The number of pyridine rings is 1. The summed E-state index contributed by atoms with van der Waals surface area (Å²) in [4.78, 5) is 35.1. The first-order valence-corrected chi connectivity index (χ1v) is 7.50. The minimum absolute atomic E-state index is 0.0157. The Balaban J connectivity index is 1.80. The number of nitrogens with one attached hydrogen (secondary N) is 1. The number of carbonyl (C=O) groups is 2. The standard InChI is InChI=1S/C15H20N4O4/c1-3-11(2)14(21)16-10-13(20)23-9-8-19-15(22)18-7-5-4-6-12(18)17-19/h4-7,11H,3,8-10H2,1-2H3,(H,16,21)/t11-/m0/s1. The van der Waals surface area contributed by atoms with Crippen molar-refractivity contribution < 1.29 is 14.3 Å². The maximum Gasteiger partial charge on any atom is 0.350 e. The molecule has 0 aliphatic rings. The van der Waals surface area contributed by atoms with Crippen LogP contribution < -0.4 is 11.0 Å². The molecule has 1 amide bonds. The van der Waals surface area contributed by atoms with Crippen LogP contribution in [0.4, 0.5) is 0 Å². The molecular weight excluding hydrogens is 300 g/mol. The minimum Gasteiger partial charge on any atom is -0.462 e. The van der Waals surface area contributed by atoms with Gasteiger partial charge in [-0.05, 0) is 18.6 Å². The highest BCUT2D eigenvalue weighted by Crippen LogP contribution is 1.99. The maximum absolute atomic E-state index is 12.0. The summed E-state index contributed by atoms with van der Waals surface area (Å²) in [6.07, 6.45) is 2.33. The molecule has 0 spiro atoms. The maximum atomic E-state index is 12.0. The molecule has 23 heavy (non-hydrogen) atoms. The number of nitrogens with zero attached hydrogens (tertiary/aromatic N) is 3. The van der Waals surface area contributed by atoms with Gasteiger partial charge in [0.05, 0.1) is 6.54 Å². The zero-order valence-corrected chi connectivity index (χ0v) is 13.2. The topological polar surface area (TPSA) is 94.7 Å². The summed E-state index contributed by atoms with van der Waals surface area (Å²) >= 11 is 0. The van der Waals surface area contributed by atoms with Crippen LogP contribution in [0.15, 0.2) is 29.2 Å². The quantitative estimate of drug-likeness (QED) is 0.736. The molecule has 2 rings (SSSR count). The van der Waals surface area contributed by atoms with E-state index < -0.39 is 5.97 Å². The van der Waals surface area contributed by atoms with Crippen molar-refractivity contribution in [1.82, 2.24) is 19.5 Å². The Bertz CT molecular complexity index is 749. The van der Waals surface area contributed by atoms with Crippen LogP contribution in [0.5, 0.6) is 0 Å². The summed E-state index contributed by atoms with van der Waals surface area (Å²) in [6.45, 7) is 3.68. The highest BCUT2D eigenvalue weighted by Gasteiger charge is 2.12. The van der Waals surface area contributed by atoms with Gasteiger partial charge in [0.1, 0.15) is 13.2 Å². The second-order valence-electron chi connectivity index (χ2n) is 5.18. The van der Waals surface area contributed by atoms with Crippen molar-refractivity contribution in [3.8, 4) is 0 Å². The molecule has 0 fully saturated rings. The first-order chi connectivity index (χ1) is 11.0. The predicted molar refractivity (Wildman–Crippen MR) is 82.9 cm³/mol. The van der Waals surface area contributed by atoms with E-state index in [1.807, 2.05) is 6.92 Å². The van der Waals surface area contributed by atoms with Crippen molar-refractivity contribution in [1.29, 1.82) is 0 Å². The number of rotatable bonds is 7. The molecule has 2 aromatic rings. The molecule has 2 aromatic heterocycles. The van der Waals surface area contributed by atoms with E-state index in [1.165, 1.54) is 9.08 Å². The third-order valence-electron chi connectivity index (χ3n) is 3.52. The van der Waals surface area contributed by atoms with Gasteiger partial charge in [-0.2, -0.15) is 0 Å². The number of amides is 1. The van der Waals surface area contributed by atoms with Gasteiger partial charge >= 0.3 is 11.7 Å². The fourth-order valence-electron chi connectivity index (χ4n) is 1.93. The van der Waals surface area contributed by atoms with E-state index in [4.69, 9.17) is 4.74 Å². The van der Waals surface area contributed by atoms with Gasteiger partial charge in [0.15, 0.2) is 5.65 Å². The number of ether oxygens (including phenoxy) is 1. The Morgan fingerprint density at radius 2 is 2.17 bits per heavy atom. The molecule has 2 heterocycles. The number of carbonyl (C=O) groups excluding carboxylic acids is 2. The lowest BCUT2D eigenvalue weighted by Crippen LogP contribution is -2.34. The van der Waals surface area contributed by atoms with Crippen molar-refractivity contribution in [2.75, 3.05) is 13.2 Å². The largest absolute Gasteiger partial charge is 0.462 e. The van der Waals surface area contributed by atoms with Crippen LogP contribution >= 0.6 is 0 Å². The molecule has 0 unspecified atom stereocenters. The van der Waals surface area contributed by atoms with Gasteiger partial charge in [-0.1, -0.05) is 19.9 Å². The fraction of sp³-hybridized carbons (Fsp3) is 0.467. The molecule has 8 heteroatoms. The van der Waals surface area contributed by atoms with Crippen LogP contribution in [0.1, 0.15) is 20.3 Å². The van der Waals surface area contributed by atoms with Crippen LogP contribution in [0.25, 0.3) is 5.65 Å². The summed E-state index contributed by atoms with van der Waals surface area (Å²) in [7, 11) is 0. The molecule has 0 bridgehead atoms. The summed E-state index contributed by atoms with van der Waals surface area (Å²) in [6, 6.07) is 5.24. The van der Waals surface area contributed by atoms with Gasteiger partial charge in [-0.15, -0.1) is 5.10 Å². The Morgan fingerprint density at radius 1 is 1.39 bits per heavy atom. The molecule has 0 aliphatic heterocycles. The SMILES string of the molecule is CC[C@H](C)C(=O)NCC(=O)OCCn1nc2ccccn2c1=O. The Kier molecular flexibility index (Phi) is 5.51. The second-order valence-corrected chi connectivity index (χ2v) is 5.18. The number of aromatic nitrogens is 3. The fourth-order valence-corrected chi connectivity index (χ4v) is 1.93. The lowest BCUT2D eigenvalue weighted by atomic mass is 10.1. The van der Waals surface area contributed by atoms with Crippen LogP contribution in [-0.4, -0.2) is 39.2 Å². The molecule has 0 saturated carbocycles. The van der Waals surface area contributed by atoms with Gasteiger partial charge in [0, 0.05) is 12.1 Å². The lowest BCUT2D eigenvalue weighted by Gasteiger charge is -2.09. The zero-order chi connectivity index (χ0) is 16.8. The zero-order valence-electron chi connectivity index (χ0n) is 13.2. The third kappa shape index (κ3) is 4.18. The average Bonchev–Trinajstić information content (AvgIpc) is 2.88. The van der Waals surface area contributed by atoms with Crippen molar-refractivity contribution in [2.45, 2.75) is 26.8 Å². The van der Waals surface area contributed by atoms with Crippen LogP contribution in [0, 0.1) is 5.92 Å². The highest BCUT2D eigenvalue weighted by atomic mass is 16.5. The van der Waals surface area contributed by atoms with Crippen LogP contribution in [-0.2, 0) is 20.9 Å². The number of hydrogen-bond acceptors (Lipinski definition) is 5. The Morgan fingerprint density at radius 3 is 2.87 bits per heavy atom. The summed E-state index contributed by atoms with van der Waals surface area (Å²) < 4.78 is 7.65. The molecule has 0 radical (unpaired) electrons. The van der Waals surface area contributed by atoms with Gasteiger partial charge in [-0.25, -0.2) is 9.48 Å². The molecule has 0 aliphatic carbocycles. The van der Waals surface area contributed by atoms with Gasteiger partial charge < -0.3 is 10.1 Å². The monoisotopic (exact) mass is 320 g/mol. The normalized spacial score (nSPS) is 12.1. The Labute approximate surface area is 133 Å². The molecule has 0 saturated heterocycles. The van der Waals surface area contributed by atoms with Crippen molar-refractivity contribution >= 4 is 17.5 Å². The summed E-state index contributed by atoms with van der Waals surface area (Å²) in [5, 5.41) is 6.64. The number of esters is 1. The molecule has 124 valence electrons. The van der Waals surface area contributed by atoms with Crippen LogP contribution in [0.2, 0.25) is 0 Å². The predicted octanol–water partition coefficient (Wildman–Crippen LogP) is 0.201. The van der Waals surface area contributed by atoms with Gasteiger partial charge in [-0.3, -0.25) is 14.0 Å². The van der Waals surface area contributed by atoms with E-state index in [1.54, 1.807) is 31.3 Å². The van der Waals surface area contributed by atoms with E-state index in [2.05, 4.69) is 10.4 Å². The van der Waals surface area contributed by atoms with Crippen molar-refractivity contribution in [2.24, 2.45) is 5.92 Å². The molecule has 1 N–H and O–H groups in total. The first kappa shape index (κ1) is 16.7. The highest BCUT2D eigenvalue weighted by molar-refractivity contribution is 5.83. The summed E-state index contributed by atoms with van der Waals surface area (Å²) in [5.41, 5.74) is 0.242. The van der Waals surface area contributed by atoms with Crippen molar-refractivity contribution in [3.05, 3.63) is 34.9 Å². The van der Waals surface area contributed by atoms with E-state index in [-0.39, 0.29) is 37.2 Å². The molecular formula is C15H20N4O4. The van der Waals surface area contributed by atoms with Crippen LogP contribution in [0.3, 0.4) is 0 Å². The van der Waals surface area contributed by atoms with Gasteiger partial charge in [0.25, 0.3) is 0 Å². The average molecular weight is 320 g/mol. The third-order valence-corrected chi connectivity index (χ3v) is 3.52. The summed E-state index contributed by atoms with van der Waals surface area (Å²) in [5.74, 6) is -0.862. The van der Waals surface area contributed by atoms with E-state index in [0.717, 1.165) is 0 Å².